The van der Waals surface area contributed by atoms with Gasteiger partial charge < -0.3 is 20.3 Å². The minimum absolute atomic E-state index is 0.0494. The minimum Gasteiger partial charge on any atom is -0.504 e. The number of nitrogens with one attached hydrogen (secondary N) is 1. The van der Waals surface area contributed by atoms with Crippen LogP contribution in [0.3, 0.4) is 0 Å². The van der Waals surface area contributed by atoms with Crippen LogP contribution in [0.15, 0.2) is 12.1 Å². The van der Waals surface area contributed by atoms with E-state index >= 15 is 0 Å². The summed E-state index contributed by atoms with van der Waals surface area (Å²) in [6, 6.07) is 4.25. The summed E-state index contributed by atoms with van der Waals surface area (Å²) in [6.07, 6.45) is 6.08. The Morgan fingerprint density at radius 2 is 2.19 bits per heavy atom. The van der Waals surface area contributed by atoms with Crippen molar-refractivity contribution in [3.63, 3.8) is 0 Å². The molecule has 140 valence electrons. The zero-order valence-corrected chi connectivity index (χ0v) is 15.4. The number of nitrogens with zero attached hydrogens (tertiary/aromatic N) is 1. The SMILES string of the molecule is CN[C@@H]1CC2Oc3c(O)ccc4c3[C@@]23CCN(CC2CC2)[C@H](C4)[C@]3(O)C1. The molecule has 2 heterocycles. The van der Waals surface area contributed by atoms with Gasteiger partial charge in [0.05, 0.1) is 11.0 Å². The molecule has 2 saturated carbocycles. The summed E-state index contributed by atoms with van der Waals surface area (Å²) in [5, 5.41) is 26.1. The molecule has 3 N–H and O–H groups in total. The highest BCUT2D eigenvalue weighted by molar-refractivity contribution is 5.62. The zero-order valence-electron chi connectivity index (χ0n) is 15.4. The summed E-state index contributed by atoms with van der Waals surface area (Å²) in [4.78, 5) is 2.58. The van der Waals surface area contributed by atoms with Crippen LogP contribution in [0.5, 0.6) is 11.5 Å². The Morgan fingerprint density at radius 1 is 1.35 bits per heavy atom. The predicted molar refractivity (Wildman–Crippen MR) is 97.6 cm³/mol. The van der Waals surface area contributed by atoms with Crippen LogP contribution in [0.1, 0.15) is 43.2 Å². The molecule has 26 heavy (non-hydrogen) atoms. The molecule has 3 aliphatic carbocycles. The standard InChI is InChI=1S/C21H28N2O3/c1-22-14-9-17-20-6-7-23(11-12-2-3-12)16(21(20,25)10-14)8-13-4-5-15(24)19(26-17)18(13)20/h4-5,12,14,16-17,22,24-25H,2-3,6-11H2,1H3/t14-,16-,17?,20-,21-/m1/s1. The lowest BCUT2D eigenvalue weighted by atomic mass is 9.48. The lowest BCUT2D eigenvalue weighted by molar-refractivity contribution is -0.190. The lowest BCUT2D eigenvalue weighted by Gasteiger charge is -2.64. The summed E-state index contributed by atoms with van der Waals surface area (Å²) in [5.74, 6) is 1.70. The second-order valence-corrected chi connectivity index (χ2v) is 9.28. The summed E-state index contributed by atoms with van der Waals surface area (Å²) < 4.78 is 6.37. The van der Waals surface area contributed by atoms with Gasteiger partial charge in [-0.1, -0.05) is 6.07 Å². The van der Waals surface area contributed by atoms with Crippen molar-refractivity contribution in [3.8, 4) is 11.5 Å². The van der Waals surface area contributed by atoms with Crippen LogP contribution < -0.4 is 10.1 Å². The fourth-order valence-corrected chi connectivity index (χ4v) is 6.73. The summed E-state index contributed by atoms with van der Waals surface area (Å²) >= 11 is 0. The molecule has 1 saturated heterocycles. The minimum atomic E-state index is -0.789. The highest BCUT2D eigenvalue weighted by Gasteiger charge is 2.72. The third-order valence-corrected chi connectivity index (χ3v) is 8.10. The first-order valence-electron chi connectivity index (χ1n) is 10.2. The second-order valence-electron chi connectivity index (χ2n) is 9.28. The molecule has 1 aromatic rings. The number of likely N-dealkylation sites (tertiary alicyclic amines) is 1. The van der Waals surface area contributed by atoms with Gasteiger partial charge in [-0.2, -0.15) is 0 Å². The number of ether oxygens (including phenoxy) is 1. The van der Waals surface area contributed by atoms with E-state index in [2.05, 4.69) is 16.3 Å². The maximum Gasteiger partial charge on any atom is 0.165 e. The van der Waals surface area contributed by atoms with Crippen LogP contribution in [-0.4, -0.2) is 59.0 Å². The fourth-order valence-electron chi connectivity index (χ4n) is 6.73. The highest BCUT2D eigenvalue weighted by Crippen LogP contribution is 2.65. The van der Waals surface area contributed by atoms with Crippen molar-refractivity contribution < 1.29 is 14.9 Å². The largest absolute Gasteiger partial charge is 0.504 e. The van der Waals surface area contributed by atoms with Crippen LogP contribution in [0.2, 0.25) is 0 Å². The van der Waals surface area contributed by atoms with Gasteiger partial charge in [0.1, 0.15) is 6.10 Å². The van der Waals surface area contributed by atoms with Crippen molar-refractivity contribution >= 4 is 0 Å². The average Bonchev–Trinajstić information content (AvgIpc) is 3.36. The second kappa shape index (κ2) is 4.94. The van der Waals surface area contributed by atoms with Crippen LogP contribution >= 0.6 is 0 Å². The topological polar surface area (TPSA) is 65.0 Å². The molecular weight excluding hydrogens is 328 g/mol. The van der Waals surface area contributed by atoms with Gasteiger partial charge in [0.15, 0.2) is 11.5 Å². The van der Waals surface area contributed by atoms with Crippen molar-refractivity contribution in [1.82, 2.24) is 10.2 Å². The molecule has 0 radical (unpaired) electrons. The molecule has 2 aliphatic heterocycles. The molecule has 5 nitrogen and oxygen atoms in total. The molecule has 3 fully saturated rings. The van der Waals surface area contributed by atoms with Crippen LogP contribution in [0, 0.1) is 5.92 Å². The van der Waals surface area contributed by atoms with E-state index in [0.717, 1.165) is 50.3 Å². The number of phenols is 1. The predicted octanol–water partition coefficient (Wildman–Crippen LogP) is 1.54. The Morgan fingerprint density at radius 3 is 2.96 bits per heavy atom. The molecule has 0 amide bonds. The van der Waals surface area contributed by atoms with Crippen LogP contribution in [0.4, 0.5) is 0 Å². The molecule has 6 rings (SSSR count). The first-order valence-corrected chi connectivity index (χ1v) is 10.2. The molecule has 5 aliphatic rings. The molecule has 1 aromatic carbocycles. The maximum atomic E-state index is 12.3. The van der Waals surface area contributed by atoms with E-state index in [9.17, 15) is 10.2 Å². The van der Waals surface area contributed by atoms with Gasteiger partial charge in [-0.25, -0.2) is 0 Å². The highest BCUT2D eigenvalue weighted by atomic mass is 16.5. The Labute approximate surface area is 154 Å². The number of benzene rings is 1. The number of hydrogen-bond donors (Lipinski definition) is 3. The number of piperidine rings is 1. The molecule has 2 bridgehead atoms. The summed E-state index contributed by atoms with van der Waals surface area (Å²) in [5.41, 5.74) is 1.26. The maximum absolute atomic E-state index is 12.3. The third kappa shape index (κ3) is 1.73. The van der Waals surface area contributed by atoms with E-state index in [-0.39, 0.29) is 29.4 Å². The van der Waals surface area contributed by atoms with E-state index in [4.69, 9.17) is 4.74 Å². The number of aromatic hydroxyl groups is 1. The first-order chi connectivity index (χ1) is 12.6. The Balaban J connectivity index is 1.54. The van der Waals surface area contributed by atoms with Crippen molar-refractivity contribution in [2.45, 2.75) is 67.7 Å². The molecular formula is C21H28N2O3. The third-order valence-electron chi connectivity index (χ3n) is 8.10. The summed E-state index contributed by atoms with van der Waals surface area (Å²) in [7, 11) is 1.98. The molecule has 5 heteroatoms. The molecule has 5 atom stereocenters. The van der Waals surface area contributed by atoms with Gasteiger partial charge in [-0.05, 0) is 63.2 Å². The molecule has 1 spiro atoms. The van der Waals surface area contributed by atoms with Crippen molar-refractivity contribution in [1.29, 1.82) is 0 Å². The van der Waals surface area contributed by atoms with Gasteiger partial charge in [0, 0.05) is 30.6 Å². The van der Waals surface area contributed by atoms with Crippen LogP contribution in [-0.2, 0) is 11.8 Å². The Hall–Kier alpha value is -1.30. The normalized spacial score (nSPS) is 43.1. The van der Waals surface area contributed by atoms with E-state index in [0.29, 0.717) is 5.75 Å². The van der Waals surface area contributed by atoms with E-state index in [1.807, 2.05) is 7.05 Å². The van der Waals surface area contributed by atoms with E-state index in [1.54, 1.807) is 6.07 Å². The van der Waals surface area contributed by atoms with Gasteiger partial charge in [0.2, 0.25) is 0 Å². The quantitative estimate of drug-likeness (QED) is 0.767. The Kier molecular flexibility index (Phi) is 2.99. The zero-order chi connectivity index (χ0) is 17.7. The molecule has 1 unspecified atom stereocenters. The van der Waals surface area contributed by atoms with Crippen molar-refractivity contribution in [3.05, 3.63) is 23.3 Å². The molecule has 0 aromatic heterocycles. The van der Waals surface area contributed by atoms with E-state index < -0.39 is 5.60 Å². The number of phenolic OH excluding ortho intramolecular Hbond substituents is 1. The number of aliphatic hydroxyl groups is 1. The summed E-state index contributed by atoms with van der Waals surface area (Å²) in [6.45, 7) is 2.15. The van der Waals surface area contributed by atoms with Gasteiger partial charge in [-0.3, -0.25) is 4.90 Å². The Bertz CT molecular complexity index is 779. The smallest absolute Gasteiger partial charge is 0.165 e. The van der Waals surface area contributed by atoms with Crippen molar-refractivity contribution in [2.75, 3.05) is 20.1 Å². The number of rotatable bonds is 3. The van der Waals surface area contributed by atoms with E-state index in [1.165, 1.54) is 18.4 Å². The van der Waals surface area contributed by atoms with Crippen molar-refractivity contribution in [2.24, 2.45) is 5.92 Å². The van der Waals surface area contributed by atoms with Crippen LogP contribution in [0.25, 0.3) is 0 Å². The first kappa shape index (κ1) is 15.7. The van der Waals surface area contributed by atoms with Gasteiger partial charge in [-0.15, -0.1) is 0 Å². The fraction of sp³-hybridized carbons (Fsp3) is 0.714. The van der Waals surface area contributed by atoms with Gasteiger partial charge in [0.25, 0.3) is 0 Å². The monoisotopic (exact) mass is 356 g/mol. The van der Waals surface area contributed by atoms with Gasteiger partial charge >= 0.3 is 0 Å². The lowest BCUT2D eigenvalue weighted by Crippen LogP contribution is -2.77. The average molecular weight is 356 g/mol. The number of hydrogen-bond acceptors (Lipinski definition) is 5.